The van der Waals surface area contributed by atoms with Gasteiger partial charge in [0.15, 0.2) is 24.0 Å². The highest BCUT2D eigenvalue weighted by Crippen LogP contribution is 2.37. The Morgan fingerprint density at radius 3 is 1.35 bits per heavy atom. The molecule has 13 heteroatoms. The minimum absolute atomic E-state index is 0. The van der Waals surface area contributed by atoms with E-state index in [0.717, 1.165) is 92.4 Å². The molecule has 4 bridgehead atoms. The van der Waals surface area contributed by atoms with Gasteiger partial charge in [0.25, 0.3) is 0 Å². The van der Waals surface area contributed by atoms with Crippen molar-refractivity contribution in [2.45, 2.75) is 64.8 Å². The van der Waals surface area contributed by atoms with Crippen LogP contribution >= 0.6 is 15.9 Å². The van der Waals surface area contributed by atoms with E-state index < -0.39 is 12.1 Å². The first-order valence-corrected chi connectivity index (χ1v) is 26.4. The summed E-state index contributed by atoms with van der Waals surface area (Å²) in [5.41, 5.74) is 4.98. The molecular weight excluding hydrogens is 1010 g/mol. The first kappa shape index (κ1) is 57.5. The lowest BCUT2D eigenvalue weighted by atomic mass is 9.82. The molecule has 6 aliphatic rings. The van der Waals surface area contributed by atoms with Gasteiger partial charge >= 0.3 is 11.9 Å². The van der Waals surface area contributed by atoms with Gasteiger partial charge in [-0.1, -0.05) is 128 Å². The zero-order chi connectivity index (χ0) is 51.0. The van der Waals surface area contributed by atoms with Crippen LogP contribution < -0.4 is 20.1 Å². The molecule has 2 N–H and O–H groups in total. The van der Waals surface area contributed by atoms with Crippen LogP contribution in [0.15, 0.2) is 170 Å². The molecule has 0 aromatic heterocycles. The lowest BCUT2D eigenvalue weighted by Crippen LogP contribution is -2.65. The second-order valence-electron chi connectivity index (χ2n) is 19.2. The number of ether oxygens (including phenoxy) is 4. The summed E-state index contributed by atoms with van der Waals surface area (Å²) in [6.07, 6.45) is 4.05. The van der Waals surface area contributed by atoms with E-state index in [1.54, 1.807) is 38.5 Å². The molecule has 6 aliphatic heterocycles. The molecule has 12 nitrogen and oxygen atoms in total. The monoisotopic (exact) mass is 1080 g/mol. The van der Waals surface area contributed by atoms with Gasteiger partial charge in [0.1, 0.15) is 30.7 Å². The van der Waals surface area contributed by atoms with Crippen molar-refractivity contribution >= 4 is 50.8 Å². The average molecular weight is 1080 g/mol. The fourth-order valence-electron chi connectivity index (χ4n) is 10.3. The maximum atomic E-state index is 13.5. The summed E-state index contributed by atoms with van der Waals surface area (Å²) >= 11 is 3.11. The van der Waals surface area contributed by atoms with Crippen molar-refractivity contribution in [1.29, 1.82) is 0 Å². The van der Waals surface area contributed by atoms with E-state index >= 15 is 0 Å². The third-order valence-corrected chi connectivity index (χ3v) is 15.0. The normalized spacial score (nSPS) is 21.5. The first-order valence-electron chi connectivity index (χ1n) is 25.2. The average Bonchev–Trinajstić information content (AvgIpc) is 3.45. The van der Waals surface area contributed by atoms with E-state index in [1.807, 2.05) is 146 Å². The van der Waals surface area contributed by atoms with Crippen LogP contribution in [0, 0.1) is 11.8 Å². The maximum absolute atomic E-state index is 13.5. The number of quaternary nitrogens is 1. The summed E-state index contributed by atoms with van der Waals surface area (Å²) < 4.78 is 23.0. The van der Waals surface area contributed by atoms with E-state index in [-0.39, 0.29) is 50.6 Å². The number of rotatable bonds is 17. The SMILES string of the molecule is C.C.COc1ccc(C(=O)CBr)cc1.COc1ccc(C(=O)C[N+]23CCC(CC2)[C@@H](OC(=O)[C@H](Nc2ccccc2)c2ccccc2)C3)cc1.O=C(O[C@H]1CN2CCC1CC2)[C@H](Nc1ccccc1)c1ccccc1. The van der Waals surface area contributed by atoms with Crippen LogP contribution in [-0.2, 0) is 19.1 Å². The van der Waals surface area contributed by atoms with E-state index in [0.29, 0.717) is 45.9 Å². The standard InChI is InChI=1S/C30H33N2O4.C21H24N2O2.C9H9BrO2.2CH4/c1-35-26-14-12-22(13-15-26)27(33)20-32-18-16-23(17-19-32)28(21-32)36-30(34)29(24-8-4-2-5-9-24)31-25-10-6-3-7-11-25;24-21(25-19-15-23-13-11-16(19)12-14-23)20(17-7-3-1-4-8-17)22-18-9-5-2-6-10-18;1-12-8-4-2-7(3-5-8)9(11)6-10;;/h2-15,23,28-29,31H,16-21H2,1H3;1-10,16,19-20,22H,11-15H2;2-5H,6H2,1H3;2*1H4/q+1;;;;/t23?,28-,29+,32?;19-,20+;;;/m00.../s1. The quantitative estimate of drug-likeness (QED) is 0.0391. The lowest BCUT2D eigenvalue weighted by molar-refractivity contribution is -0.938. The zero-order valence-electron chi connectivity index (χ0n) is 41.7. The Morgan fingerprint density at radius 2 is 0.947 bits per heavy atom. The number of anilines is 2. The molecule has 6 aromatic carbocycles. The third-order valence-electron chi connectivity index (χ3n) is 14.5. The molecule has 6 heterocycles. The summed E-state index contributed by atoms with van der Waals surface area (Å²) in [5.74, 6) is 2.11. The molecular formula is C62H74BrN4O8+. The van der Waals surface area contributed by atoms with Crippen LogP contribution in [-0.4, -0.2) is 110 Å². The molecule has 6 saturated heterocycles. The number of benzene rings is 6. The van der Waals surface area contributed by atoms with Gasteiger partial charge in [0.2, 0.25) is 5.78 Å². The number of hydrogen-bond donors (Lipinski definition) is 2. The molecule has 0 aliphatic carbocycles. The van der Waals surface area contributed by atoms with Crippen molar-refractivity contribution in [2.75, 3.05) is 76.0 Å². The van der Waals surface area contributed by atoms with Crippen LogP contribution in [0.25, 0.3) is 0 Å². The molecule has 6 aromatic rings. The van der Waals surface area contributed by atoms with E-state index in [9.17, 15) is 19.2 Å². The number of fused-ring (bicyclic) bond motifs is 6. The number of nitrogens with zero attached hydrogens (tertiary/aromatic N) is 2. The second-order valence-corrected chi connectivity index (χ2v) is 19.8. The van der Waals surface area contributed by atoms with Crippen molar-refractivity contribution in [3.05, 3.63) is 192 Å². The number of esters is 2. The van der Waals surface area contributed by atoms with Crippen molar-refractivity contribution < 1.29 is 42.6 Å². The zero-order valence-corrected chi connectivity index (χ0v) is 43.2. The van der Waals surface area contributed by atoms with Crippen molar-refractivity contribution in [3.63, 3.8) is 0 Å². The number of halogens is 1. The van der Waals surface area contributed by atoms with Crippen LogP contribution in [0.1, 0.15) is 84.5 Å². The Balaban J connectivity index is 0.000000203. The Hall–Kier alpha value is -6.80. The number of alkyl halides is 1. The highest BCUT2D eigenvalue weighted by Gasteiger charge is 2.49. The Kier molecular flexibility index (Phi) is 21.6. The summed E-state index contributed by atoms with van der Waals surface area (Å²) in [4.78, 5) is 53.2. The van der Waals surface area contributed by atoms with Crippen molar-refractivity contribution in [2.24, 2.45) is 11.8 Å². The Morgan fingerprint density at radius 1 is 0.547 bits per heavy atom. The number of Topliss-reactive ketones (excluding diaryl/α,β-unsaturated/α-hetero) is 2. The fourth-order valence-corrected chi connectivity index (χ4v) is 10.7. The van der Waals surface area contributed by atoms with Crippen molar-refractivity contribution in [1.82, 2.24) is 4.90 Å². The minimum atomic E-state index is -0.599. The molecule has 0 saturated carbocycles. The summed E-state index contributed by atoms with van der Waals surface area (Å²) in [6, 6.07) is 52.3. The number of hydrogen-bond acceptors (Lipinski definition) is 11. The molecule has 75 heavy (non-hydrogen) atoms. The summed E-state index contributed by atoms with van der Waals surface area (Å²) in [7, 11) is 3.22. The van der Waals surface area contributed by atoms with Gasteiger partial charge in [0, 0.05) is 47.8 Å². The number of methoxy groups -OCH3 is 2. The van der Waals surface area contributed by atoms with Crippen LogP contribution in [0.2, 0.25) is 0 Å². The van der Waals surface area contributed by atoms with Gasteiger partial charge in [-0.25, -0.2) is 9.59 Å². The summed E-state index contributed by atoms with van der Waals surface area (Å²) in [5, 5.41) is 7.06. The van der Waals surface area contributed by atoms with Crippen LogP contribution in [0.4, 0.5) is 11.4 Å². The molecule has 12 rings (SSSR count). The van der Waals surface area contributed by atoms with Gasteiger partial charge in [-0.15, -0.1) is 0 Å². The highest BCUT2D eigenvalue weighted by molar-refractivity contribution is 9.09. The number of para-hydroxylation sites is 2. The van der Waals surface area contributed by atoms with Gasteiger partial charge in [-0.05, 0) is 116 Å². The van der Waals surface area contributed by atoms with Gasteiger partial charge in [-0.3, -0.25) is 14.5 Å². The molecule has 0 unspecified atom stereocenters. The number of carbonyl (C=O) groups excluding carboxylic acids is 4. The third kappa shape index (κ3) is 15.6. The van der Waals surface area contributed by atoms with Gasteiger partial charge < -0.3 is 34.1 Å². The number of nitrogens with one attached hydrogen (secondary N) is 2. The number of piperidine rings is 6. The van der Waals surface area contributed by atoms with Crippen LogP contribution in [0.3, 0.4) is 0 Å². The first-order chi connectivity index (χ1) is 35.6. The molecule has 396 valence electrons. The van der Waals surface area contributed by atoms with Gasteiger partial charge in [0.05, 0.1) is 32.6 Å². The number of ketones is 2. The second kappa shape index (κ2) is 28.2. The molecule has 0 spiro atoms. The predicted octanol–water partition coefficient (Wildman–Crippen LogP) is 11.9. The highest BCUT2D eigenvalue weighted by atomic mass is 79.9. The van der Waals surface area contributed by atoms with Crippen LogP contribution in [0.5, 0.6) is 11.5 Å². The van der Waals surface area contributed by atoms with E-state index in [2.05, 4.69) is 31.5 Å². The largest absolute Gasteiger partial charge is 0.497 e. The Labute approximate surface area is 452 Å². The molecule has 6 fully saturated rings. The lowest BCUT2D eigenvalue weighted by Gasteiger charge is -2.51. The Bertz CT molecular complexity index is 2680. The smallest absolute Gasteiger partial charge is 0.333 e. The van der Waals surface area contributed by atoms with E-state index in [1.165, 1.54) is 0 Å². The number of carbonyl (C=O) groups is 4. The predicted molar refractivity (Wildman–Crippen MR) is 302 cm³/mol. The molecule has 0 radical (unpaired) electrons. The van der Waals surface area contributed by atoms with Crippen molar-refractivity contribution in [3.8, 4) is 11.5 Å². The minimum Gasteiger partial charge on any atom is -0.497 e. The molecule has 0 amide bonds. The topological polar surface area (TPSA) is 132 Å². The van der Waals surface area contributed by atoms with Gasteiger partial charge in [-0.2, -0.15) is 0 Å². The fraction of sp³-hybridized carbons (Fsp3) is 0.355. The maximum Gasteiger partial charge on any atom is 0.333 e. The van der Waals surface area contributed by atoms with E-state index in [4.69, 9.17) is 18.9 Å². The summed E-state index contributed by atoms with van der Waals surface area (Å²) in [6.45, 7) is 6.17. The molecule has 4 atom stereocenters.